The topological polar surface area (TPSA) is 70.2 Å². The molecule has 0 aliphatic rings. The summed E-state index contributed by atoms with van der Waals surface area (Å²) in [4.78, 5) is 6.89. The Labute approximate surface area is 83.5 Å². The Morgan fingerprint density at radius 3 is 3.21 bits per heavy atom. The van der Waals surface area contributed by atoms with Crippen molar-refractivity contribution in [3.05, 3.63) is 18.2 Å². The van der Waals surface area contributed by atoms with Crippen LogP contribution < -0.4 is 5.32 Å². The van der Waals surface area contributed by atoms with Crippen LogP contribution in [0.25, 0.3) is 0 Å². The highest BCUT2D eigenvalue weighted by Crippen LogP contribution is 1.92. The summed E-state index contributed by atoms with van der Waals surface area (Å²) in [6.07, 6.45) is 3.74. The molecule has 80 valence electrons. The van der Waals surface area contributed by atoms with Crippen LogP contribution in [0.4, 0.5) is 0 Å². The SMILES string of the molecule is COCC(O)CCNCc1cnc[nH]1. The van der Waals surface area contributed by atoms with Gasteiger partial charge in [0.05, 0.1) is 19.0 Å². The molecule has 14 heavy (non-hydrogen) atoms. The third kappa shape index (κ3) is 4.36. The van der Waals surface area contributed by atoms with Gasteiger partial charge in [0, 0.05) is 25.5 Å². The van der Waals surface area contributed by atoms with Crippen molar-refractivity contribution in [1.29, 1.82) is 0 Å². The Kier molecular flexibility index (Phi) is 5.21. The van der Waals surface area contributed by atoms with Crippen molar-refractivity contribution in [2.24, 2.45) is 0 Å². The molecule has 1 unspecified atom stereocenters. The number of aromatic amines is 1. The monoisotopic (exact) mass is 199 g/mol. The van der Waals surface area contributed by atoms with E-state index in [-0.39, 0.29) is 6.10 Å². The first-order valence-electron chi connectivity index (χ1n) is 4.68. The lowest BCUT2D eigenvalue weighted by molar-refractivity contribution is 0.0594. The fourth-order valence-electron chi connectivity index (χ4n) is 1.15. The van der Waals surface area contributed by atoms with Gasteiger partial charge in [0.25, 0.3) is 0 Å². The van der Waals surface area contributed by atoms with Crippen LogP contribution in [0.5, 0.6) is 0 Å². The second-order valence-corrected chi connectivity index (χ2v) is 3.15. The summed E-state index contributed by atoms with van der Waals surface area (Å²) in [6, 6.07) is 0. The van der Waals surface area contributed by atoms with E-state index in [1.54, 1.807) is 19.6 Å². The second-order valence-electron chi connectivity index (χ2n) is 3.15. The van der Waals surface area contributed by atoms with Crippen LogP contribution in [0.1, 0.15) is 12.1 Å². The molecule has 0 bridgehead atoms. The first-order valence-corrected chi connectivity index (χ1v) is 4.68. The molecular formula is C9H17N3O2. The first-order chi connectivity index (χ1) is 6.83. The van der Waals surface area contributed by atoms with Crippen LogP contribution >= 0.6 is 0 Å². The number of methoxy groups -OCH3 is 1. The quantitative estimate of drug-likeness (QED) is 0.536. The number of aromatic nitrogens is 2. The summed E-state index contributed by atoms with van der Waals surface area (Å²) in [5.74, 6) is 0. The van der Waals surface area contributed by atoms with E-state index in [2.05, 4.69) is 15.3 Å². The maximum absolute atomic E-state index is 9.32. The van der Waals surface area contributed by atoms with Crippen LogP contribution in [0.15, 0.2) is 12.5 Å². The van der Waals surface area contributed by atoms with Crippen LogP contribution in [0, 0.1) is 0 Å². The number of hydrogen-bond donors (Lipinski definition) is 3. The molecular weight excluding hydrogens is 182 g/mol. The summed E-state index contributed by atoms with van der Waals surface area (Å²) in [5.41, 5.74) is 1.05. The van der Waals surface area contributed by atoms with E-state index in [0.717, 1.165) is 18.8 Å². The predicted molar refractivity (Wildman–Crippen MR) is 52.8 cm³/mol. The van der Waals surface area contributed by atoms with E-state index in [1.165, 1.54) is 0 Å². The van der Waals surface area contributed by atoms with Gasteiger partial charge in [0.15, 0.2) is 0 Å². The summed E-state index contributed by atoms with van der Waals surface area (Å²) >= 11 is 0. The molecule has 0 spiro atoms. The third-order valence-corrected chi connectivity index (χ3v) is 1.88. The summed E-state index contributed by atoms with van der Waals surface area (Å²) in [5, 5.41) is 12.5. The lowest BCUT2D eigenvalue weighted by Gasteiger charge is -2.09. The molecule has 0 saturated heterocycles. The Balaban J connectivity index is 1.99. The highest BCUT2D eigenvalue weighted by molar-refractivity contribution is 4.92. The van der Waals surface area contributed by atoms with E-state index >= 15 is 0 Å². The summed E-state index contributed by atoms with van der Waals surface area (Å²) < 4.78 is 4.81. The smallest absolute Gasteiger partial charge is 0.0922 e. The van der Waals surface area contributed by atoms with E-state index in [9.17, 15) is 5.11 Å². The minimum Gasteiger partial charge on any atom is -0.391 e. The van der Waals surface area contributed by atoms with Gasteiger partial charge in [-0.05, 0) is 13.0 Å². The van der Waals surface area contributed by atoms with Gasteiger partial charge < -0.3 is 20.1 Å². The zero-order chi connectivity index (χ0) is 10.2. The van der Waals surface area contributed by atoms with Crippen molar-refractivity contribution in [2.75, 3.05) is 20.3 Å². The number of nitrogens with zero attached hydrogens (tertiary/aromatic N) is 1. The molecule has 3 N–H and O–H groups in total. The van der Waals surface area contributed by atoms with E-state index < -0.39 is 0 Å². The molecule has 0 aromatic carbocycles. The minimum atomic E-state index is -0.380. The zero-order valence-corrected chi connectivity index (χ0v) is 8.36. The number of aliphatic hydroxyl groups is 1. The molecule has 1 heterocycles. The fraction of sp³-hybridized carbons (Fsp3) is 0.667. The lowest BCUT2D eigenvalue weighted by Crippen LogP contribution is -2.23. The standard InChI is InChI=1S/C9H17N3O2/c1-14-6-9(13)2-3-10-4-8-5-11-7-12-8/h5,7,9-10,13H,2-4,6H2,1H3,(H,11,12). The number of nitrogens with one attached hydrogen (secondary N) is 2. The van der Waals surface area contributed by atoms with E-state index in [4.69, 9.17) is 4.74 Å². The molecule has 0 saturated carbocycles. The molecule has 5 heteroatoms. The molecule has 1 atom stereocenters. The maximum atomic E-state index is 9.32. The lowest BCUT2D eigenvalue weighted by atomic mass is 10.2. The van der Waals surface area contributed by atoms with Crippen LogP contribution in [0.2, 0.25) is 0 Å². The Hall–Kier alpha value is -0.910. The molecule has 0 radical (unpaired) electrons. The number of aliphatic hydroxyl groups excluding tert-OH is 1. The van der Waals surface area contributed by atoms with Gasteiger partial charge in [0.1, 0.15) is 0 Å². The van der Waals surface area contributed by atoms with E-state index in [0.29, 0.717) is 13.0 Å². The molecule has 0 fully saturated rings. The molecule has 1 aromatic rings. The highest BCUT2D eigenvalue weighted by atomic mass is 16.5. The summed E-state index contributed by atoms with van der Waals surface area (Å²) in [6.45, 7) is 1.91. The van der Waals surface area contributed by atoms with Gasteiger partial charge in [-0.3, -0.25) is 0 Å². The van der Waals surface area contributed by atoms with Gasteiger partial charge in [-0.2, -0.15) is 0 Å². The molecule has 0 amide bonds. The van der Waals surface area contributed by atoms with Crippen molar-refractivity contribution >= 4 is 0 Å². The van der Waals surface area contributed by atoms with Crippen molar-refractivity contribution in [1.82, 2.24) is 15.3 Å². The number of H-pyrrole nitrogens is 1. The van der Waals surface area contributed by atoms with Gasteiger partial charge in [0.2, 0.25) is 0 Å². The Morgan fingerprint density at radius 1 is 1.71 bits per heavy atom. The second kappa shape index (κ2) is 6.53. The van der Waals surface area contributed by atoms with Crippen molar-refractivity contribution in [3.63, 3.8) is 0 Å². The maximum Gasteiger partial charge on any atom is 0.0922 e. The average Bonchev–Trinajstić information content (AvgIpc) is 2.65. The highest BCUT2D eigenvalue weighted by Gasteiger charge is 2.02. The molecule has 5 nitrogen and oxygen atoms in total. The summed E-state index contributed by atoms with van der Waals surface area (Å²) in [7, 11) is 1.58. The van der Waals surface area contributed by atoms with Gasteiger partial charge in [-0.25, -0.2) is 4.98 Å². The van der Waals surface area contributed by atoms with Crippen LogP contribution in [-0.2, 0) is 11.3 Å². The van der Waals surface area contributed by atoms with Gasteiger partial charge in [-0.1, -0.05) is 0 Å². The number of rotatable bonds is 7. The third-order valence-electron chi connectivity index (χ3n) is 1.88. The normalized spacial score (nSPS) is 13.0. The molecule has 0 aliphatic heterocycles. The Morgan fingerprint density at radius 2 is 2.57 bits per heavy atom. The molecule has 1 aromatic heterocycles. The van der Waals surface area contributed by atoms with Crippen LogP contribution in [-0.4, -0.2) is 41.4 Å². The van der Waals surface area contributed by atoms with Crippen LogP contribution in [0.3, 0.4) is 0 Å². The van der Waals surface area contributed by atoms with Gasteiger partial charge in [-0.15, -0.1) is 0 Å². The van der Waals surface area contributed by atoms with Gasteiger partial charge >= 0.3 is 0 Å². The largest absolute Gasteiger partial charge is 0.391 e. The first kappa shape index (κ1) is 11.2. The number of hydrogen-bond acceptors (Lipinski definition) is 4. The fourth-order valence-corrected chi connectivity index (χ4v) is 1.15. The Bertz CT molecular complexity index is 226. The number of ether oxygens (including phenoxy) is 1. The van der Waals surface area contributed by atoms with Crippen molar-refractivity contribution in [3.8, 4) is 0 Å². The molecule has 0 aliphatic carbocycles. The van der Waals surface area contributed by atoms with Crippen molar-refractivity contribution in [2.45, 2.75) is 19.1 Å². The zero-order valence-electron chi connectivity index (χ0n) is 8.36. The van der Waals surface area contributed by atoms with Crippen molar-refractivity contribution < 1.29 is 9.84 Å². The minimum absolute atomic E-state index is 0.380. The molecule has 1 rings (SSSR count). The predicted octanol–water partition coefficient (Wildman–Crippen LogP) is -0.103. The number of imidazole rings is 1. The average molecular weight is 199 g/mol. The van der Waals surface area contributed by atoms with E-state index in [1.807, 2.05) is 0 Å².